The minimum absolute atomic E-state index is 0.00695. The van der Waals surface area contributed by atoms with Crippen molar-refractivity contribution < 1.29 is 9.36 Å². The van der Waals surface area contributed by atoms with Gasteiger partial charge in [-0.3, -0.25) is 4.79 Å². The van der Waals surface area contributed by atoms with Crippen LogP contribution in [0.1, 0.15) is 31.4 Å². The number of aryl methyl sites for hydroxylation is 2. The number of hydrogen-bond donors (Lipinski definition) is 1. The maximum atomic E-state index is 12.0. The molecule has 0 bridgehead atoms. The molecule has 1 heterocycles. The first-order valence-corrected chi connectivity index (χ1v) is 7.58. The van der Waals surface area contributed by atoms with Gasteiger partial charge in [-0.2, -0.15) is 4.57 Å². The zero-order chi connectivity index (χ0) is 15.1. The van der Waals surface area contributed by atoms with Gasteiger partial charge in [0.2, 0.25) is 6.54 Å². The molecule has 0 atom stereocenters. The molecule has 0 aliphatic carbocycles. The lowest BCUT2D eigenvalue weighted by atomic mass is 10.1. The second kappa shape index (κ2) is 7.58. The first-order valence-electron chi connectivity index (χ1n) is 7.58. The SMILES string of the molecule is CCCc1cc[n+](CC(=O)Nc2ccc(CC)cc2)cc1. The smallest absolute Gasteiger partial charge is 0.290 e. The molecule has 2 rings (SSSR count). The number of nitrogens with one attached hydrogen (secondary N) is 1. The van der Waals surface area contributed by atoms with Crippen LogP contribution in [0.5, 0.6) is 0 Å². The van der Waals surface area contributed by atoms with E-state index in [-0.39, 0.29) is 5.91 Å². The number of pyridine rings is 1. The van der Waals surface area contributed by atoms with Gasteiger partial charge in [0.25, 0.3) is 5.91 Å². The van der Waals surface area contributed by atoms with E-state index in [1.807, 2.05) is 41.2 Å². The number of carbonyl (C=O) groups excluding carboxylic acids is 1. The van der Waals surface area contributed by atoms with Gasteiger partial charge < -0.3 is 5.32 Å². The number of benzene rings is 1. The lowest BCUT2D eigenvalue weighted by Gasteiger charge is -2.04. The molecule has 0 aliphatic rings. The predicted molar refractivity (Wildman–Crippen MR) is 85.1 cm³/mol. The second-order valence-corrected chi connectivity index (χ2v) is 5.23. The lowest BCUT2D eigenvalue weighted by molar-refractivity contribution is -0.684. The highest BCUT2D eigenvalue weighted by atomic mass is 16.1. The molecule has 2 aromatic rings. The highest BCUT2D eigenvalue weighted by molar-refractivity contribution is 5.89. The van der Waals surface area contributed by atoms with Gasteiger partial charge in [0, 0.05) is 17.8 Å². The van der Waals surface area contributed by atoms with Crippen molar-refractivity contribution in [1.82, 2.24) is 0 Å². The van der Waals surface area contributed by atoms with E-state index in [0.29, 0.717) is 6.54 Å². The summed E-state index contributed by atoms with van der Waals surface area (Å²) in [6.45, 7) is 4.62. The molecule has 1 aromatic heterocycles. The molecule has 1 aromatic carbocycles. The van der Waals surface area contributed by atoms with Crippen LogP contribution < -0.4 is 9.88 Å². The second-order valence-electron chi connectivity index (χ2n) is 5.23. The summed E-state index contributed by atoms with van der Waals surface area (Å²) in [5.41, 5.74) is 3.43. The van der Waals surface area contributed by atoms with Gasteiger partial charge in [0.05, 0.1) is 0 Å². The quantitative estimate of drug-likeness (QED) is 0.812. The van der Waals surface area contributed by atoms with E-state index in [2.05, 4.69) is 31.3 Å². The number of nitrogens with zero attached hydrogens (tertiary/aromatic N) is 1. The molecule has 0 saturated carbocycles. The van der Waals surface area contributed by atoms with Crippen LogP contribution in [0, 0.1) is 0 Å². The molecule has 0 unspecified atom stereocenters. The van der Waals surface area contributed by atoms with E-state index in [4.69, 9.17) is 0 Å². The van der Waals surface area contributed by atoms with Gasteiger partial charge >= 0.3 is 0 Å². The van der Waals surface area contributed by atoms with Crippen molar-refractivity contribution in [2.24, 2.45) is 0 Å². The van der Waals surface area contributed by atoms with Crippen LogP contribution >= 0.6 is 0 Å². The van der Waals surface area contributed by atoms with Gasteiger partial charge in [-0.1, -0.05) is 32.4 Å². The molecule has 0 fully saturated rings. The Hall–Kier alpha value is -2.16. The van der Waals surface area contributed by atoms with Crippen LogP contribution in [-0.2, 0) is 24.2 Å². The predicted octanol–water partition coefficient (Wildman–Crippen LogP) is 3.13. The minimum Gasteiger partial charge on any atom is -0.321 e. The molecule has 0 aliphatic heterocycles. The van der Waals surface area contributed by atoms with Crippen LogP contribution in [0.2, 0.25) is 0 Å². The van der Waals surface area contributed by atoms with Crippen LogP contribution in [0.15, 0.2) is 48.8 Å². The van der Waals surface area contributed by atoms with Gasteiger partial charge in [-0.15, -0.1) is 0 Å². The third-order valence-electron chi connectivity index (χ3n) is 3.47. The average molecular weight is 283 g/mol. The Morgan fingerprint density at radius 3 is 2.24 bits per heavy atom. The summed E-state index contributed by atoms with van der Waals surface area (Å²) in [6, 6.07) is 12.1. The highest BCUT2D eigenvalue weighted by Gasteiger charge is 2.09. The average Bonchev–Trinajstić information content (AvgIpc) is 2.50. The summed E-state index contributed by atoms with van der Waals surface area (Å²) in [5.74, 6) is -0.00695. The Balaban J connectivity index is 1.91. The minimum atomic E-state index is -0.00695. The molecular formula is C18H23N2O+. The molecule has 1 amide bonds. The van der Waals surface area contributed by atoms with E-state index in [1.165, 1.54) is 11.1 Å². The summed E-state index contributed by atoms with van der Waals surface area (Å²) in [6.07, 6.45) is 7.15. The van der Waals surface area contributed by atoms with Crippen molar-refractivity contribution in [3.05, 3.63) is 59.9 Å². The number of hydrogen-bond acceptors (Lipinski definition) is 1. The zero-order valence-electron chi connectivity index (χ0n) is 12.8. The third-order valence-corrected chi connectivity index (χ3v) is 3.47. The van der Waals surface area contributed by atoms with E-state index in [0.717, 1.165) is 24.9 Å². The van der Waals surface area contributed by atoms with Crippen LogP contribution in [0.3, 0.4) is 0 Å². The van der Waals surface area contributed by atoms with E-state index in [1.54, 1.807) is 0 Å². The summed E-state index contributed by atoms with van der Waals surface area (Å²) in [7, 11) is 0. The van der Waals surface area contributed by atoms with Crippen LogP contribution in [0.4, 0.5) is 5.69 Å². The largest absolute Gasteiger partial charge is 0.321 e. The van der Waals surface area contributed by atoms with Crippen molar-refractivity contribution in [1.29, 1.82) is 0 Å². The lowest BCUT2D eigenvalue weighted by Crippen LogP contribution is -2.39. The third kappa shape index (κ3) is 4.71. The van der Waals surface area contributed by atoms with Gasteiger partial charge in [0.15, 0.2) is 12.4 Å². The Kier molecular flexibility index (Phi) is 5.50. The summed E-state index contributed by atoms with van der Waals surface area (Å²) >= 11 is 0. The van der Waals surface area contributed by atoms with E-state index in [9.17, 15) is 4.79 Å². The summed E-state index contributed by atoms with van der Waals surface area (Å²) in [4.78, 5) is 12.0. The fraction of sp³-hybridized carbons (Fsp3) is 0.333. The standard InChI is InChI=1S/C18H22N2O/c1-3-5-16-10-12-20(13-11-16)14-18(21)19-17-8-6-15(4-2)7-9-17/h6-13H,3-5,14H2,1-2H3/p+1. The number of aromatic nitrogens is 1. The molecule has 0 saturated heterocycles. The number of amides is 1. The Morgan fingerprint density at radius 2 is 1.67 bits per heavy atom. The zero-order valence-corrected chi connectivity index (χ0v) is 12.8. The van der Waals surface area contributed by atoms with Crippen molar-refractivity contribution in [2.45, 2.75) is 39.7 Å². The first kappa shape index (κ1) is 15.2. The molecule has 21 heavy (non-hydrogen) atoms. The van der Waals surface area contributed by atoms with Crippen molar-refractivity contribution in [3.63, 3.8) is 0 Å². The van der Waals surface area contributed by atoms with Crippen molar-refractivity contribution >= 4 is 11.6 Å². The van der Waals surface area contributed by atoms with E-state index < -0.39 is 0 Å². The summed E-state index contributed by atoms with van der Waals surface area (Å²) in [5, 5.41) is 2.92. The summed E-state index contributed by atoms with van der Waals surface area (Å²) < 4.78 is 1.90. The maximum absolute atomic E-state index is 12.0. The molecule has 110 valence electrons. The molecule has 1 N–H and O–H groups in total. The van der Waals surface area contributed by atoms with Gasteiger partial charge in [-0.05, 0) is 36.1 Å². The number of anilines is 1. The highest BCUT2D eigenvalue weighted by Crippen LogP contribution is 2.09. The molecular weight excluding hydrogens is 260 g/mol. The van der Waals surface area contributed by atoms with E-state index >= 15 is 0 Å². The number of carbonyl (C=O) groups is 1. The Morgan fingerprint density at radius 1 is 1.00 bits per heavy atom. The monoisotopic (exact) mass is 283 g/mol. The molecule has 3 nitrogen and oxygen atoms in total. The molecule has 3 heteroatoms. The van der Waals surface area contributed by atoms with Crippen molar-refractivity contribution in [2.75, 3.05) is 5.32 Å². The normalized spacial score (nSPS) is 10.4. The van der Waals surface area contributed by atoms with Crippen LogP contribution in [-0.4, -0.2) is 5.91 Å². The Labute approximate surface area is 126 Å². The fourth-order valence-electron chi connectivity index (χ4n) is 2.24. The fourth-order valence-corrected chi connectivity index (χ4v) is 2.24. The number of rotatable bonds is 6. The van der Waals surface area contributed by atoms with Crippen molar-refractivity contribution in [3.8, 4) is 0 Å². The van der Waals surface area contributed by atoms with Gasteiger partial charge in [0.1, 0.15) is 0 Å². The Bertz CT molecular complexity index is 573. The maximum Gasteiger partial charge on any atom is 0.290 e. The molecule has 0 radical (unpaired) electrons. The molecule has 0 spiro atoms. The first-order chi connectivity index (χ1) is 10.2. The van der Waals surface area contributed by atoms with Gasteiger partial charge in [-0.25, -0.2) is 0 Å². The topological polar surface area (TPSA) is 33.0 Å². The van der Waals surface area contributed by atoms with Crippen LogP contribution in [0.25, 0.3) is 0 Å².